The zero-order valence-electron chi connectivity index (χ0n) is 8.33. The molecule has 0 aromatic heterocycles. The number of hydrogen-bond acceptors (Lipinski definition) is 3. The zero-order valence-corrected chi connectivity index (χ0v) is 9.91. The fourth-order valence-corrected chi connectivity index (χ4v) is 1.87. The topological polar surface area (TPSA) is 35.5 Å². The van der Waals surface area contributed by atoms with Crippen molar-refractivity contribution in [1.29, 1.82) is 0 Å². The molecule has 1 fully saturated rings. The number of benzene rings is 1. The number of ether oxygens (including phenoxy) is 2. The Bertz CT molecular complexity index is 381. The number of hydrogen-bond donors (Lipinski definition) is 0. The van der Waals surface area contributed by atoms with Crippen molar-refractivity contribution in [1.82, 2.24) is 0 Å². The first-order valence-electron chi connectivity index (χ1n) is 4.71. The van der Waals surface area contributed by atoms with E-state index in [9.17, 15) is 4.79 Å². The van der Waals surface area contributed by atoms with E-state index in [0.717, 1.165) is 16.0 Å². The average Bonchev–Trinajstić information content (AvgIpc) is 2.18. The van der Waals surface area contributed by atoms with Gasteiger partial charge in [0.25, 0.3) is 0 Å². The lowest BCUT2D eigenvalue weighted by Crippen LogP contribution is -2.33. The van der Waals surface area contributed by atoms with Crippen LogP contribution in [0.1, 0.15) is 12.8 Å². The van der Waals surface area contributed by atoms with Gasteiger partial charge in [0, 0.05) is 12.8 Å². The first-order valence-corrected chi connectivity index (χ1v) is 5.50. The van der Waals surface area contributed by atoms with Crippen LogP contribution in [0, 0.1) is 0 Å². The molecule has 2 rings (SSSR count). The monoisotopic (exact) mass is 270 g/mol. The van der Waals surface area contributed by atoms with E-state index in [2.05, 4.69) is 15.9 Å². The van der Waals surface area contributed by atoms with Gasteiger partial charge in [0.05, 0.1) is 11.6 Å². The standard InChI is InChI=1S/C11H11BrO3/c1-14-8-2-3-11(10(12)6-8)15-9-4-7(13)5-9/h2-3,6,9H,4-5H2,1H3. The molecule has 0 unspecified atom stereocenters. The molecule has 0 aliphatic heterocycles. The number of halogens is 1. The van der Waals surface area contributed by atoms with Crippen LogP contribution in [0.2, 0.25) is 0 Å². The minimum absolute atomic E-state index is 0.0437. The molecule has 0 heterocycles. The van der Waals surface area contributed by atoms with Gasteiger partial charge in [-0.3, -0.25) is 4.79 Å². The van der Waals surface area contributed by atoms with E-state index in [-0.39, 0.29) is 11.9 Å². The van der Waals surface area contributed by atoms with Crippen molar-refractivity contribution in [3.05, 3.63) is 22.7 Å². The van der Waals surface area contributed by atoms with Gasteiger partial charge in [-0.2, -0.15) is 0 Å². The SMILES string of the molecule is COc1ccc(OC2CC(=O)C2)c(Br)c1. The fraction of sp³-hybridized carbons (Fsp3) is 0.364. The Morgan fingerprint density at radius 2 is 2.13 bits per heavy atom. The van der Waals surface area contributed by atoms with Crippen LogP contribution in [-0.4, -0.2) is 19.0 Å². The van der Waals surface area contributed by atoms with Crippen molar-refractivity contribution in [2.45, 2.75) is 18.9 Å². The number of carbonyl (C=O) groups excluding carboxylic acids is 1. The fourth-order valence-electron chi connectivity index (χ4n) is 1.42. The molecule has 15 heavy (non-hydrogen) atoms. The van der Waals surface area contributed by atoms with Crippen molar-refractivity contribution in [3.8, 4) is 11.5 Å². The second-order valence-electron chi connectivity index (χ2n) is 3.48. The number of rotatable bonds is 3. The molecule has 0 amide bonds. The summed E-state index contributed by atoms with van der Waals surface area (Å²) in [7, 11) is 1.62. The Morgan fingerprint density at radius 1 is 1.40 bits per heavy atom. The quantitative estimate of drug-likeness (QED) is 0.847. The van der Waals surface area contributed by atoms with Crippen LogP contribution in [0.3, 0.4) is 0 Å². The Balaban J connectivity index is 2.05. The van der Waals surface area contributed by atoms with Gasteiger partial charge < -0.3 is 9.47 Å². The molecule has 1 aromatic rings. The van der Waals surface area contributed by atoms with Gasteiger partial charge in [-0.05, 0) is 34.1 Å². The van der Waals surface area contributed by atoms with Gasteiger partial charge in [-0.15, -0.1) is 0 Å². The van der Waals surface area contributed by atoms with E-state index in [1.54, 1.807) is 7.11 Å². The maximum absolute atomic E-state index is 10.8. The molecule has 1 aliphatic carbocycles. The molecule has 0 radical (unpaired) electrons. The largest absolute Gasteiger partial charge is 0.497 e. The molecule has 1 saturated carbocycles. The highest BCUT2D eigenvalue weighted by Crippen LogP contribution is 2.32. The lowest BCUT2D eigenvalue weighted by molar-refractivity contribution is -0.129. The Kier molecular flexibility index (Phi) is 2.95. The smallest absolute Gasteiger partial charge is 0.140 e. The second kappa shape index (κ2) is 4.23. The summed E-state index contributed by atoms with van der Waals surface area (Å²) in [4.78, 5) is 10.8. The summed E-state index contributed by atoms with van der Waals surface area (Å²) in [5.74, 6) is 1.80. The van der Waals surface area contributed by atoms with Gasteiger partial charge >= 0.3 is 0 Å². The van der Waals surface area contributed by atoms with Gasteiger partial charge in [0.15, 0.2) is 0 Å². The van der Waals surface area contributed by atoms with Crippen molar-refractivity contribution < 1.29 is 14.3 Å². The van der Waals surface area contributed by atoms with Crippen molar-refractivity contribution >= 4 is 21.7 Å². The second-order valence-corrected chi connectivity index (χ2v) is 4.34. The third-order valence-electron chi connectivity index (χ3n) is 2.34. The maximum atomic E-state index is 10.8. The molecule has 1 aliphatic rings. The predicted molar refractivity (Wildman–Crippen MR) is 59.4 cm³/mol. The van der Waals surface area contributed by atoms with E-state index in [1.165, 1.54) is 0 Å². The van der Waals surface area contributed by atoms with Crippen LogP contribution in [0.25, 0.3) is 0 Å². The Morgan fingerprint density at radius 3 is 2.67 bits per heavy atom. The summed E-state index contributed by atoms with van der Waals surface area (Å²) in [5, 5.41) is 0. The lowest BCUT2D eigenvalue weighted by Gasteiger charge is -2.25. The summed E-state index contributed by atoms with van der Waals surface area (Å²) in [6.07, 6.45) is 1.10. The van der Waals surface area contributed by atoms with Crippen LogP contribution in [0.5, 0.6) is 11.5 Å². The first kappa shape index (κ1) is 10.5. The third-order valence-corrected chi connectivity index (χ3v) is 2.96. The van der Waals surface area contributed by atoms with Gasteiger partial charge in [0.1, 0.15) is 23.4 Å². The molecule has 0 atom stereocenters. The zero-order chi connectivity index (χ0) is 10.8. The summed E-state index contributed by atoms with van der Waals surface area (Å²) in [6, 6.07) is 5.52. The summed E-state index contributed by atoms with van der Waals surface area (Å²) in [6.45, 7) is 0. The van der Waals surface area contributed by atoms with Crippen LogP contribution < -0.4 is 9.47 Å². The number of Topliss-reactive ketones (excluding diaryl/α,β-unsaturated/α-hetero) is 1. The molecule has 3 nitrogen and oxygen atoms in total. The van der Waals surface area contributed by atoms with E-state index >= 15 is 0 Å². The highest BCUT2D eigenvalue weighted by atomic mass is 79.9. The van der Waals surface area contributed by atoms with E-state index < -0.39 is 0 Å². The third kappa shape index (κ3) is 2.31. The first-order chi connectivity index (χ1) is 7.19. The highest BCUT2D eigenvalue weighted by Gasteiger charge is 2.28. The molecule has 0 saturated heterocycles. The molecule has 4 heteroatoms. The van der Waals surface area contributed by atoms with Crippen LogP contribution in [0.15, 0.2) is 22.7 Å². The molecule has 1 aromatic carbocycles. The summed E-state index contributed by atoms with van der Waals surface area (Å²) >= 11 is 3.39. The molecule has 0 N–H and O–H groups in total. The van der Waals surface area contributed by atoms with Crippen LogP contribution in [0.4, 0.5) is 0 Å². The van der Waals surface area contributed by atoms with Crippen LogP contribution >= 0.6 is 15.9 Å². The van der Waals surface area contributed by atoms with E-state index in [1.807, 2.05) is 18.2 Å². The number of ketones is 1. The van der Waals surface area contributed by atoms with E-state index in [0.29, 0.717) is 12.8 Å². The minimum atomic E-state index is 0.0437. The van der Waals surface area contributed by atoms with Crippen molar-refractivity contribution in [2.75, 3.05) is 7.11 Å². The molecule has 0 spiro atoms. The molecular formula is C11H11BrO3. The molecule has 0 bridgehead atoms. The molecular weight excluding hydrogens is 260 g/mol. The van der Waals surface area contributed by atoms with Crippen molar-refractivity contribution in [2.24, 2.45) is 0 Å². The average molecular weight is 271 g/mol. The van der Waals surface area contributed by atoms with Gasteiger partial charge in [-0.25, -0.2) is 0 Å². The number of methoxy groups -OCH3 is 1. The molecule has 80 valence electrons. The minimum Gasteiger partial charge on any atom is -0.497 e. The number of carbonyl (C=O) groups is 1. The van der Waals surface area contributed by atoms with Gasteiger partial charge in [0.2, 0.25) is 0 Å². The summed E-state index contributed by atoms with van der Waals surface area (Å²) in [5.41, 5.74) is 0. The summed E-state index contributed by atoms with van der Waals surface area (Å²) < 4.78 is 11.5. The normalized spacial score (nSPS) is 16.0. The Hall–Kier alpha value is -1.03. The van der Waals surface area contributed by atoms with Gasteiger partial charge in [-0.1, -0.05) is 0 Å². The maximum Gasteiger partial charge on any atom is 0.140 e. The highest BCUT2D eigenvalue weighted by molar-refractivity contribution is 9.10. The predicted octanol–water partition coefficient (Wildman–Crippen LogP) is 2.57. The lowest BCUT2D eigenvalue weighted by atomic mass is 9.94. The van der Waals surface area contributed by atoms with Crippen molar-refractivity contribution in [3.63, 3.8) is 0 Å². The van der Waals surface area contributed by atoms with E-state index in [4.69, 9.17) is 9.47 Å². The Labute approximate surface area is 96.5 Å². The van der Waals surface area contributed by atoms with Crippen LogP contribution in [-0.2, 0) is 4.79 Å².